The molecule has 0 spiro atoms. The monoisotopic (exact) mass is 265 g/mol. The van der Waals surface area contributed by atoms with Gasteiger partial charge in [-0.15, -0.1) is 0 Å². The van der Waals surface area contributed by atoms with Gasteiger partial charge in [0.25, 0.3) is 0 Å². The number of allylic oxidation sites excluding steroid dienone is 1. The van der Waals surface area contributed by atoms with Gasteiger partial charge in [-0.25, -0.2) is 0 Å². The second-order valence-electron chi connectivity index (χ2n) is 4.75. The van der Waals surface area contributed by atoms with Crippen LogP contribution >= 0.6 is 0 Å². The van der Waals surface area contributed by atoms with Gasteiger partial charge in [-0.3, -0.25) is 4.79 Å². The first-order valence-corrected chi connectivity index (χ1v) is 6.73. The molecule has 2 aromatic carbocycles. The fourth-order valence-corrected chi connectivity index (χ4v) is 2.22. The number of para-hydroxylation sites is 1. The first-order chi connectivity index (χ1) is 9.70. The van der Waals surface area contributed by atoms with Crippen molar-refractivity contribution in [3.05, 3.63) is 65.7 Å². The van der Waals surface area contributed by atoms with E-state index in [2.05, 4.69) is 11.4 Å². The lowest BCUT2D eigenvalue weighted by Crippen LogP contribution is -1.98. The molecule has 102 valence electrons. The molecule has 20 heavy (non-hydrogen) atoms. The molecule has 2 aromatic rings. The highest BCUT2D eigenvalue weighted by molar-refractivity contribution is 5.96. The molecular formula is C18H19NO. The van der Waals surface area contributed by atoms with E-state index in [1.165, 1.54) is 0 Å². The van der Waals surface area contributed by atoms with Crippen molar-refractivity contribution >= 4 is 23.1 Å². The van der Waals surface area contributed by atoms with Crippen LogP contribution in [0.3, 0.4) is 0 Å². The maximum absolute atomic E-state index is 11.6. The normalized spacial score (nSPS) is 11.2. The maximum Gasteiger partial charge on any atom is 0.134 e. The lowest BCUT2D eigenvalue weighted by molar-refractivity contribution is -0.116. The Morgan fingerprint density at radius 2 is 1.70 bits per heavy atom. The zero-order valence-corrected chi connectivity index (χ0v) is 11.9. The predicted octanol–water partition coefficient (Wildman–Crippen LogP) is 4.25. The molecule has 0 fully saturated rings. The molecule has 2 heteroatoms. The average molecular weight is 265 g/mol. The fraction of sp³-hybridized carbons (Fsp3) is 0.167. The van der Waals surface area contributed by atoms with Crippen LogP contribution in [0.15, 0.2) is 54.6 Å². The number of hydrogen-bond acceptors (Lipinski definition) is 2. The first-order valence-electron chi connectivity index (χ1n) is 6.73. The minimum Gasteiger partial charge on any atom is -0.388 e. The molecule has 0 bridgehead atoms. The highest BCUT2D eigenvalue weighted by atomic mass is 16.1. The van der Waals surface area contributed by atoms with Crippen LogP contribution in [0.2, 0.25) is 0 Å². The summed E-state index contributed by atoms with van der Waals surface area (Å²) in [5.74, 6) is 0.165. The Morgan fingerprint density at radius 3 is 2.35 bits per heavy atom. The number of benzene rings is 2. The van der Waals surface area contributed by atoms with Crippen LogP contribution in [-0.2, 0) is 4.79 Å². The third-order valence-corrected chi connectivity index (χ3v) is 3.12. The molecule has 1 N–H and O–H groups in total. The van der Waals surface area contributed by atoms with E-state index in [4.69, 9.17) is 0 Å². The molecule has 0 saturated heterocycles. The second-order valence-corrected chi connectivity index (χ2v) is 4.75. The van der Waals surface area contributed by atoms with E-state index in [9.17, 15) is 4.79 Å². The first kappa shape index (κ1) is 14.1. The third kappa shape index (κ3) is 3.58. The minimum atomic E-state index is 0.165. The van der Waals surface area contributed by atoms with Gasteiger partial charge in [0, 0.05) is 24.7 Å². The van der Waals surface area contributed by atoms with E-state index in [0.717, 1.165) is 22.4 Å². The van der Waals surface area contributed by atoms with Gasteiger partial charge in [-0.2, -0.15) is 0 Å². The summed E-state index contributed by atoms with van der Waals surface area (Å²) in [7, 11) is 1.90. The lowest BCUT2D eigenvalue weighted by atomic mass is 9.97. The molecule has 0 aliphatic carbocycles. The van der Waals surface area contributed by atoms with Crippen LogP contribution in [-0.4, -0.2) is 12.8 Å². The van der Waals surface area contributed by atoms with Gasteiger partial charge >= 0.3 is 0 Å². The van der Waals surface area contributed by atoms with Gasteiger partial charge in [0.15, 0.2) is 0 Å². The summed E-state index contributed by atoms with van der Waals surface area (Å²) in [5, 5.41) is 3.18. The standard InChI is InChI=1S/C18H19NO/c1-14(20)12-16(13-15-8-4-3-5-9-15)17-10-6-7-11-18(17)19-2/h3-11,13,19H,12H2,1-2H3/b16-13+. The summed E-state index contributed by atoms with van der Waals surface area (Å²) in [5.41, 5.74) is 4.26. The van der Waals surface area contributed by atoms with Crippen molar-refractivity contribution < 1.29 is 4.79 Å². The SMILES string of the molecule is CNc1ccccc1/C(=C/c1ccccc1)CC(C)=O. The molecule has 0 radical (unpaired) electrons. The van der Waals surface area contributed by atoms with Crippen LogP contribution < -0.4 is 5.32 Å². The smallest absolute Gasteiger partial charge is 0.134 e. The topological polar surface area (TPSA) is 29.1 Å². The lowest BCUT2D eigenvalue weighted by Gasteiger charge is -2.12. The largest absolute Gasteiger partial charge is 0.388 e. The summed E-state index contributed by atoms with van der Waals surface area (Å²) in [6, 6.07) is 18.1. The van der Waals surface area contributed by atoms with Gasteiger partial charge in [-0.05, 0) is 24.1 Å². The van der Waals surface area contributed by atoms with Crippen molar-refractivity contribution in [3.63, 3.8) is 0 Å². The second kappa shape index (κ2) is 6.71. The summed E-state index contributed by atoms with van der Waals surface area (Å²) in [4.78, 5) is 11.6. The zero-order valence-electron chi connectivity index (χ0n) is 11.9. The summed E-state index contributed by atoms with van der Waals surface area (Å²) in [6.45, 7) is 1.63. The minimum absolute atomic E-state index is 0.165. The van der Waals surface area contributed by atoms with Crippen molar-refractivity contribution in [2.75, 3.05) is 12.4 Å². The van der Waals surface area contributed by atoms with Crippen LogP contribution in [0.1, 0.15) is 24.5 Å². The highest BCUT2D eigenvalue weighted by Gasteiger charge is 2.09. The molecule has 2 nitrogen and oxygen atoms in total. The van der Waals surface area contributed by atoms with Crippen LogP contribution in [0.4, 0.5) is 5.69 Å². The zero-order chi connectivity index (χ0) is 14.4. The Kier molecular flexibility index (Phi) is 4.72. The van der Waals surface area contributed by atoms with Crippen molar-refractivity contribution in [2.45, 2.75) is 13.3 Å². The van der Waals surface area contributed by atoms with Gasteiger partial charge < -0.3 is 5.32 Å². The quantitative estimate of drug-likeness (QED) is 0.819. The summed E-state index contributed by atoms with van der Waals surface area (Å²) < 4.78 is 0. The number of anilines is 1. The number of carbonyl (C=O) groups is 1. The van der Waals surface area contributed by atoms with Crippen molar-refractivity contribution in [3.8, 4) is 0 Å². The Bertz CT molecular complexity index is 614. The van der Waals surface area contributed by atoms with Crippen molar-refractivity contribution in [1.29, 1.82) is 0 Å². The molecule has 0 atom stereocenters. The van der Waals surface area contributed by atoms with E-state index in [1.807, 2.05) is 61.6 Å². The van der Waals surface area contributed by atoms with Crippen LogP contribution in [0.25, 0.3) is 11.6 Å². The van der Waals surface area contributed by atoms with Crippen molar-refractivity contribution in [2.24, 2.45) is 0 Å². The molecule has 0 amide bonds. The summed E-state index contributed by atoms with van der Waals surface area (Å²) in [6.07, 6.45) is 2.52. The number of Topliss-reactive ketones (excluding diaryl/α,β-unsaturated/α-hetero) is 1. The van der Waals surface area contributed by atoms with E-state index < -0.39 is 0 Å². The molecule has 0 heterocycles. The molecule has 0 saturated carbocycles. The molecule has 2 rings (SSSR count). The van der Waals surface area contributed by atoms with Gasteiger partial charge in [-0.1, -0.05) is 54.6 Å². The highest BCUT2D eigenvalue weighted by Crippen LogP contribution is 2.28. The van der Waals surface area contributed by atoms with Gasteiger partial charge in [0.1, 0.15) is 5.78 Å². The number of carbonyl (C=O) groups excluding carboxylic acids is 1. The van der Waals surface area contributed by atoms with E-state index >= 15 is 0 Å². The fourth-order valence-electron chi connectivity index (χ4n) is 2.22. The van der Waals surface area contributed by atoms with Crippen LogP contribution in [0, 0.1) is 0 Å². The molecule has 0 aliphatic heterocycles. The number of rotatable bonds is 5. The predicted molar refractivity (Wildman–Crippen MR) is 85.6 cm³/mol. The Labute approximate surface area is 120 Å². The number of ketones is 1. The molecule has 0 aliphatic rings. The number of hydrogen-bond donors (Lipinski definition) is 1. The Morgan fingerprint density at radius 1 is 1.05 bits per heavy atom. The van der Waals surface area contributed by atoms with Crippen molar-refractivity contribution in [1.82, 2.24) is 0 Å². The van der Waals surface area contributed by atoms with Gasteiger partial charge in [0.2, 0.25) is 0 Å². The van der Waals surface area contributed by atoms with E-state index in [1.54, 1.807) is 6.92 Å². The molecule has 0 unspecified atom stereocenters. The Balaban J connectivity index is 2.47. The van der Waals surface area contributed by atoms with E-state index in [0.29, 0.717) is 6.42 Å². The average Bonchev–Trinajstić information content (AvgIpc) is 2.47. The maximum atomic E-state index is 11.6. The van der Waals surface area contributed by atoms with Gasteiger partial charge in [0.05, 0.1) is 0 Å². The molecular weight excluding hydrogens is 246 g/mol. The summed E-state index contributed by atoms with van der Waals surface area (Å²) >= 11 is 0. The number of nitrogens with one attached hydrogen (secondary N) is 1. The van der Waals surface area contributed by atoms with E-state index in [-0.39, 0.29) is 5.78 Å². The van der Waals surface area contributed by atoms with Crippen LogP contribution in [0.5, 0.6) is 0 Å². The molecule has 0 aromatic heterocycles. The third-order valence-electron chi connectivity index (χ3n) is 3.12. The Hall–Kier alpha value is -2.35.